The number of piperazine rings is 1. The van der Waals surface area contributed by atoms with Gasteiger partial charge in [0.05, 0.1) is 0 Å². The van der Waals surface area contributed by atoms with Crippen LogP contribution in [0.1, 0.15) is 69.8 Å². The quantitative estimate of drug-likeness (QED) is 0.567. The van der Waals surface area contributed by atoms with Gasteiger partial charge in [0.25, 0.3) is 0 Å². The Labute approximate surface area is 178 Å². The minimum atomic E-state index is 0.511. The van der Waals surface area contributed by atoms with E-state index in [0.29, 0.717) is 5.41 Å². The summed E-state index contributed by atoms with van der Waals surface area (Å²) in [6.07, 6.45) is 17.1. The Balaban J connectivity index is 1.22. The smallest absolute Gasteiger partial charge is 0.0107 e. The first-order valence-electron chi connectivity index (χ1n) is 12.5. The summed E-state index contributed by atoms with van der Waals surface area (Å²) >= 11 is 0. The summed E-state index contributed by atoms with van der Waals surface area (Å²) in [4.78, 5) is 2.64. The molecular formula is C27H40N2. The molecule has 2 heteroatoms. The van der Waals surface area contributed by atoms with Gasteiger partial charge in [0.15, 0.2) is 0 Å². The Morgan fingerprint density at radius 1 is 0.897 bits per heavy atom. The van der Waals surface area contributed by atoms with Gasteiger partial charge < -0.3 is 10.2 Å². The molecule has 2 nitrogen and oxygen atoms in total. The van der Waals surface area contributed by atoms with Crippen molar-refractivity contribution >= 4 is 5.57 Å². The van der Waals surface area contributed by atoms with E-state index in [-0.39, 0.29) is 0 Å². The molecule has 1 saturated heterocycles. The van der Waals surface area contributed by atoms with Gasteiger partial charge in [0.2, 0.25) is 0 Å². The second-order valence-corrected chi connectivity index (χ2v) is 10.6. The van der Waals surface area contributed by atoms with Gasteiger partial charge in [-0.05, 0) is 98.6 Å². The maximum atomic E-state index is 3.46. The van der Waals surface area contributed by atoms with Crippen molar-refractivity contribution in [1.82, 2.24) is 10.2 Å². The third-order valence-corrected chi connectivity index (χ3v) is 8.43. The van der Waals surface area contributed by atoms with Crippen LogP contribution in [0, 0.1) is 23.2 Å². The predicted octanol–water partition coefficient (Wildman–Crippen LogP) is 5.75. The highest BCUT2D eigenvalue weighted by atomic mass is 15.2. The molecule has 1 N–H and O–H groups in total. The fourth-order valence-corrected chi connectivity index (χ4v) is 7.54. The normalized spacial score (nSPS) is 34.6. The Morgan fingerprint density at radius 2 is 1.55 bits per heavy atom. The van der Waals surface area contributed by atoms with Gasteiger partial charge in [0, 0.05) is 26.2 Å². The van der Waals surface area contributed by atoms with Crippen molar-refractivity contribution in [2.75, 3.05) is 32.7 Å². The summed E-state index contributed by atoms with van der Waals surface area (Å²) in [6, 6.07) is 11.4. The van der Waals surface area contributed by atoms with E-state index in [1.807, 2.05) is 0 Å². The molecule has 0 aromatic heterocycles. The predicted molar refractivity (Wildman–Crippen MR) is 123 cm³/mol. The van der Waals surface area contributed by atoms with Gasteiger partial charge in [-0.3, -0.25) is 0 Å². The molecule has 0 unspecified atom stereocenters. The van der Waals surface area contributed by atoms with Gasteiger partial charge >= 0.3 is 0 Å². The fraction of sp³-hybridized carbons (Fsp3) is 0.704. The van der Waals surface area contributed by atoms with E-state index in [9.17, 15) is 0 Å². The van der Waals surface area contributed by atoms with E-state index < -0.39 is 0 Å². The molecule has 0 spiro atoms. The molecule has 0 atom stereocenters. The SMILES string of the molecule is C(CCCCCN1CCNCC1)=C(c1ccccc1)C12CC3CC(CC(C3)C1)C2. The van der Waals surface area contributed by atoms with Crippen molar-refractivity contribution in [1.29, 1.82) is 0 Å². The summed E-state index contributed by atoms with van der Waals surface area (Å²) < 4.78 is 0. The molecule has 1 aromatic carbocycles. The average Bonchev–Trinajstić information content (AvgIpc) is 2.73. The summed E-state index contributed by atoms with van der Waals surface area (Å²) in [5, 5.41) is 3.46. The molecule has 1 aliphatic heterocycles. The summed E-state index contributed by atoms with van der Waals surface area (Å²) in [7, 11) is 0. The second-order valence-electron chi connectivity index (χ2n) is 10.6. The summed E-state index contributed by atoms with van der Waals surface area (Å²) in [6.45, 7) is 6.13. The largest absolute Gasteiger partial charge is 0.314 e. The highest BCUT2D eigenvalue weighted by Crippen LogP contribution is 2.64. The second kappa shape index (κ2) is 8.94. The van der Waals surface area contributed by atoms with Crippen LogP contribution < -0.4 is 5.32 Å². The van der Waals surface area contributed by atoms with E-state index in [4.69, 9.17) is 0 Å². The van der Waals surface area contributed by atoms with E-state index in [0.717, 1.165) is 17.8 Å². The Hall–Kier alpha value is -1.12. The van der Waals surface area contributed by atoms with Gasteiger partial charge in [0.1, 0.15) is 0 Å². The van der Waals surface area contributed by atoms with Gasteiger partial charge in [-0.2, -0.15) is 0 Å². The van der Waals surface area contributed by atoms with Crippen molar-refractivity contribution in [3.8, 4) is 0 Å². The maximum Gasteiger partial charge on any atom is 0.0107 e. The number of hydrogen-bond donors (Lipinski definition) is 1. The fourth-order valence-electron chi connectivity index (χ4n) is 7.54. The molecule has 4 saturated carbocycles. The van der Waals surface area contributed by atoms with Crippen molar-refractivity contribution in [3.63, 3.8) is 0 Å². The Bertz CT molecular complexity index is 650. The Kier molecular flexibility index (Phi) is 6.11. The first kappa shape index (κ1) is 19.8. The molecule has 158 valence electrons. The maximum absolute atomic E-state index is 3.46. The average molecular weight is 393 g/mol. The summed E-state index contributed by atoms with van der Waals surface area (Å²) in [5.74, 6) is 3.06. The lowest BCUT2D eigenvalue weighted by molar-refractivity contribution is -0.0178. The van der Waals surface area contributed by atoms with Crippen LogP contribution in [0.2, 0.25) is 0 Å². The van der Waals surface area contributed by atoms with Crippen LogP contribution in [0.15, 0.2) is 36.4 Å². The minimum Gasteiger partial charge on any atom is -0.314 e. The first-order valence-corrected chi connectivity index (χ1v) is 12.5. The molecule has 1 aromatic rings. The Morgan fingerprint density at radius 3 is 2.21 bits per heavy atom. The number of nitrogens with one attached hydrogen (secondary N) is 1. The third kappa shape index (κ3) is 4.49. The molecule has 29 heavy (non-hydrogen) atoms. The van der Waals surface area contributed by atoms with Crippen LogP contribution in [-0.2, 0) is 0 Å². The standard InChI is InChI=1S/C27H40N2/c1(2-7-13-29-14-11-28-12-15-29)6-10-26(25-8-4-3-5-9-25)27-19-22-16-23(20-27)18-24(17-22)21-27/h3-5,8-10,22-24,28H,1-2,6-7,11-21H2. The number of unbranched alkanes of at least 4 members (excludes halogenated alkanes) is 3. The zero-order valence-corrected chi connectivity index (χ0v) is 18.2. The lowest BCUT2D eigenvalue weighted by atomic mass is 9.47. The van der Waals surface area contributed by atoms with Gasteiger partial charge in [-0.25, -0.2) is 0 Å². The number of allylic oxidation sites excluding steroid dienone is 2. The van der Waals surface area contributed by atoms with Gasteiger partial charge in [-0.15, -0.1) is 0 Å². The van der Waals surface area contributed by atoms with E-state index >= 15 is 0 Å². The number of benzene rings is 1. The number of hydrogen-bond acceptors (Lipinski definition) is 2. The molecular weight excluding hydrogens is 352 g/mol. The monoisotopic (exact) mass is 392 g/mol. The molecule has 0 amide bonds. The lowest BCUT2D eigenvalue weighted by Crippen LogP contribution is -2.46. The van der Waals surface area contributed by atoms with E-state index in [2.05, 4.69) is 46.6 Å². The van der Waals surface area contributed by atoms with Crippen LogP contribution >= 0.6 is 0 Å². The van der Waals surface area contributed by atoms with Crippen molar-refractivity contribution < 1.29 is 0 Å². The molecule has 6 rings (SSSR count). The van der Waals surface area contributed by atoms with Crippen molar-refractivity contribution in [2.45, 2.75) is 64.2 Å². The molecule has 4 bridgehead atoms. The highest BCUT2D eigenvalue weighted by molar-refractivity contribution is 5.71. The molecule has 5 fully saturated rings. The van der Waals surface area contributed by atoms with Crippen molar-refractivity contribution in [2.24, 2.45) is 23.2 Å². The van der Waals surface area contributed by atoms with Crippen LogP contribution in [-0.4, -0.2) is 37.6 Å². The minimum absolute atomic E-state index is 0.511. The topological polar surface area (TPSA) is 15.3 Å². The zero-order valence-electron chi connectivity index (χ0n) is 18.2. The molecule has 0 radical (unpaired) electrons. The van der Waals surface area contributed by atoms with Crippen LogP contribution in [0.5, 0.6) is 0 Å². The number of nitrogens with zero attached hydrogens (tertiary/aromatic N) is 1. The number of rotatable bonds is 8. The van der Waals surface area contributed by atoms with Crippen LogP contribution in [0.4, 0.5) is 0 Å². The first-order chi connectivity index (χ1) is 14.3. The zero-order chi connectivity index (χ0) is 19.5. The summed E-state index contributed by atoms with van der Waals surface area (Å²) in [5.41, 5.74) is 3.77. The van der Waals surface area contributed by atoms with E-state index in [1.54, 1.807) is 5.57 Å². The highest BCUT2D eigenvalue weighted by Gasteiger charge is 2.52. The molecule has 4 aliphatic carbocycles. The molecule has 5 aliphatic rings. The lowest BCUT2D eigenvalue weighted by Gasteiger charge is -2.58. The van der Waals surface area contributed by atoms with Gasteiger partial charge in [-0.1, -0.05) is 42.8 Å². The van der Waals surface area contributed by atoms with Crippen LogP contribution in [0.25, 0.3) is 5.57 Å². The van der Waals surface area contributed by atoms with Crippen LogP contribution in [0.3, 0.4) is 0 Å². The molecule has 1 heterocycles. The third-order valence-electron chi connectivity index (χ3n) is 8.43. The van der Waals surface area contributed by atoms with E-state index in [1.165, 1.54) is 102 Å². The van der Waals surface area contributed by atoms with Crippen molar-refractivity contribution in [3.05, 3.63) is 42.0 Å².